The summed E-state index contributed by atoms with van der Waals surface area (Å²) in [6, 6.07) is 4.10. The fourth-order valence-electron chi connectivity index (χ4n) is 6.09. The summed E-state index contributed by atoms with van der Waals surface area (Å²) in [7, 11) is 1.35. The number of fused-ring (bicyclic) bond motifs is 3. The van der Waals surface area contributed by atoms with Crippen LogP contribution in [0, 0.1) is 0 Å². The minimum Gasteiger partial charge on any atom is -0.507 e. The Balaban J connectivity index is 1.65. The molecule has 5 N–H and O–H groups in total. The van der Waals surface area contributed by atoms with Gasteiger partial charge in [0, 0.05) is 42.0 Å². The van der Waals surface area contributed by atoms with Gasteiger partial charge >= 0.3 is 0 Å². The van der Waals surface area contributed by atoms with Gasteiger partial charge in [-0.2, -0.15) is 0 Å². The Morgan fingerprint density at radius 2 is 1.85 bits per heavy atom. The number of carbonyl (C=O) groups excluding carboxylic acids is 3. The van der Waals surface area contributed by atoms with Crippen molar-refractivity contribution in [2.75, 3.05) is 13.7 Å². The Morgan fingerprint density at radius 3 is 2.50 bits per heavy atom. The van der Waals surface area contributed by atoms with E-state index in [4.69, 9.17) is 14.2 Å². The molecule has 0 saturated carbocycles. The normalized spacial score (nSPS) is 29.4. The Bertz CT molecular complexity index is 1400. The van der Waals surface area contributed by atoms with Crippen LogP contribution in [0.15, 0.2) is 18.2 Å². The van der Waals surface area contributed by atoms with E-state index < -0.39 is 76.6 Å². The number of aromatic hydroxyl groups is 2. The summed E-state index contributed by atoms with van der Waals surface area (Å²) in [5.74, 6) is -3.08. The second-order valence-corrected chi connectivity index (χ2v) is 10.6. The van der Waals surface area contributed by atoms with E-state index in [0.717, 1.165) is 0 Å². The van der Waals surface area contributed by atoms with E-state index in [9.17, 15) is 34.8 Å². The number of benzene rings is 2. The average Bonchev–Trinajstić information content (AvgIpc) is 2.91. The standard InChI is InChI=1S/C29H33NO10/c1-5-30-16-9-19(39-12(2)24(16)32)40-18-11-29(37,13(3)31)10-15-21(18)28(36)23-22(26(15)34)25(33)14-7-6-8-17(38-4)20(14)27(23)35/h6-8,12,16,18-19,24,30,32,34,36-37H,5,9-11H2,1-4H3/t12-,16-,18-,19-,24+,29-/m0/s1. The quantitative estimate of drug-likeness (QED) is 0.280. The zero-order chi connectivity index (χ0) is 29.1. The topological polar surface area (TPSA) is 172 Å². The number of rotatable bonds is 6. The second kappa shape index (κ2) is 10.2. The molecule has 5 rings (SSSR count). The highest BCUT2D eigenvalue weighted by molar-refractivity contribution is 6.31. The number of Topliss-reactive ketones (excluding diaryl/α,β-unsaturated/α-hetero) is 1. The van der Waals surface area contributed by atoms with Crippen LogP contribution in [0.3, 0.4) is 0 Å². The lowest BCUT2D eigenvalue weighted by Gasteiger charge is -2.42. The van der Waals surface area contributed by atoms with Crippen molar-refractivity contribution in [1.29, 1.82) is 0 Å². The number of nitrogens with one attached hydrogen (secondary N) is 1. The molecule has 3 aliphatic rings. The van der Waals surface area contributed by atoms with Crippen LogP contribution in [0.1, 0.15) is 82.7 Å². The van der Waals surface area contributed by atoms with Crippen LogP contribution in [0.5, 0.6) is 17.2 Å². The Kier molecular flexibility index (Phi) is 7.22. The molecule has 0 amide bonds. The van der Waals surface area contributed by atoms with Crippen LogP contribution < -0.4 is 10.1 Å². The van der Waals surface area contributed by atoms with E-state index in [1.54, 1.807) is 6.92 Å². The first-order valence-corrected chi connectivity index (χ1v) is 13.3. The monoisotopic (exact) mass is 555 g/mol. The van der Waals surface area contributed by atoms with E-state index in [2.05, 4.69) is 5.32 Å². The molecule has 11 nitrogen and oxygen atoms in total. The van der Waals surface area contributed by atoms with E-state index in [-0.39, 0.29) is 46.9 Å². The number of likely N-dealkylation sites (N-methyl/N-ethyl adjacent to an activating group) is 1. The summed E-state index contributed by atoms with van der Waals surface area (Å²) in [5, 5.41) is 48.0. The molecule has 2 aromatic carbocycles. The number of phenols is 2. The van der Waals surface area contributed by atoms with E-state index >= 15 is 0 Å². The van der Waals surface area contributed by atoms with Gasteiger partial charge in [0.15, 0.2) is 17.9 Å². The maximum absolute atomic E-state index is 13.7. The lowest BCUT2D eigenvalue weighted by atomic mass is 9.72. The molecule has 1 heterocycles. The highest BCUT2D eigenvalue weighted by atomic mass is 16.7. The third-order valence-electron chi connectivity index (χ3n) is 8.22. The molecule has 0 unspecified atom stereocenters. The Morgan fingerprint density at radius 1 is 1.15 bits per heavy atom. The molecule has 40 heavy (non-hydrogen) atoms. The summed E-state index contributed by atoms with van der Waals surface area (Å²) in [6.45, 7) is 5.35. The molecule has 11 heteroatoms. The van der Waals surface area contributed by atoms with Crippen LogP contribution in [-0.2, 0) is 20.7 Å². The smallest absolute Gasteiger partial charge is 0.202 e. The van der Waals surface area contributed by atoms with E-state index in [1.165, 1.54) is 32.2 Å². The first-order valence-electron chi connectivity index (χ1n) is 13.3. The van der Waals surface area contributed by atoms with Crippen molar-refractivity contribution < 1.29 is 49.0 Å². The Labute approximate surface area is 230 Å². The first-order chi connectivity index (χ1) is 18.9. The molecule has 0 bridgehead atoms. The number of aliphatic hydroxyl groups excluding tert-OH is 1. The number of hydrogen-bond donors (Lipinski definition) is 5. The number of methoxy groups -OCH3 is 1. The molecule has 1 saturated heterocycles. The maximum Gasteiger partial charge on any atom is 0.202 e. The fourth-order valence-corrected chi connectivity index (χ4v) is 6.09. The van der Waals surface area contributed by atoms with Crippen molar-refractivity contribution >= 4 is 17.3 Å². The van der Waals surface area contributed by atoms with Gasteiger partial charge < -0.3 is 40.0 Å². The zero-order valence-electron chi connectivity index (χ0n) is 22.7. The van der Waals surface area contributed by atoms with Gasteiger partial charge in [-0.1, -0.05) is 19.1 Å². The third kappa shape index (κ3) is 4.29. The number of ketones is 3. The lowest BCUT2D eigenvalue weighted by molar-refractivity contribution is -0.249. The molecule has 6 atom stereocenters. The van der Waals surface area contributed by atoms with Gasteiger partial charge in [0.1, 0.15) is 22.8 Å². The van der Waals surface area contributed by atoms with Crippen LogP contribution in [0.2, 0.25) is 0 Å². The summed E-state index contributed by atoms with van der Waals surface area (Å²) < 4.78 is 17.4. The van der Waals surface area contributed by atoms with Crippen molar-refractivity contribution in [3.63, 3.8) is 0 Å². The van der Waals surface area contributed by atoms with Crippen LogP contribution in [-0.4, -0.2) is 81.6 Å². The van der Waals surface area contributed by atoms with Gasteiger partial charge in [-0.05, 0) is 26.5 Å². The predicted octanol–water partition coefficient (Wildman–Crippen LogP) is 1.68. The van der Waals surface area contributed by atoms with Gasteiger partial charge in [-0.3, -0.25) is 14.4 Å². The minimum atomic E-state index is -1.99. The molecule has 0 spiro atoms. The van der Waals surface area contributed by atoms with Gasteiger partial charge in [0.2, 0.25) is 5.78 Å². The molecule has 1 aliphatic heterocycles. The number of ether oxygens (including phenoxy) is 3. The lowest BCUT2D eigenvalue weighted by Crippen LogP contribution is -2.54. The van der Waals surface area contributed by atoms with Crippen LogP contribution in [0.25, 0.3) is 0 Å². The summed E-state index contributed by atoms with van der Waals surface area (Å²) >= 11 is 0. The van der Waals surface area contributed by atoms with Gasteiger partial charge in [0.25, 0.3) is 0 Å². The third-order valence-corrected chi connectivity index (χ3v) is 8.22. The average molecular weight is 556 g/mol. The zero-order valence-corrected chi connectivity index (χ0v) is 22.7. The molecule has 214 valence electrons. The predicted molar refractivity (Wildman–Crippen MR) is 140 cm³/mol. The second-order valence-electron chi connectivity index (χ2n) is 10.6. The van der Waals surface area contributed by atoms with Gasteiger partial charge in [-0.15, -0.1) is 0 Å². The SMILES string of the molecule is CCN[C@H]1C[C@H](O[C@H]2C[C@](O)(C(C)=O)Cc3c(O)c4c(c(O)c32)C(=O)c2c(OC)cccc2C4=O)O[C@@H](C)[C@H]1O. The van der Waals surface area contributed by atoms with Crippen LogP contribution >= 0.6 is 0 Å². The number of carbonyl (C=O) groups is 3. The molecular formula is C29H33NO10. The fraction of sp³-hybridized carbons (Fsp3) is 0.483. The highest BCUT2D eigenvalue weighted by Crippen LogP contribution is 2.52. The number of aliphatic hydroxyl groups is 2. The Hall–Kier alpha value is -3.35. The van der Waals surface area contributed by atoms with Crippen molar-refractivity contribution in [3.8, 4) is 17.2 Å². The highest BCUT2D eigenvalue weighted by Gasteiger charge is 2.49. The van der Waals surface area contributed by atoms with Crippen LogP contribution in [0.4, 0.5) is 0 Å². The van der Waals surface area contributed by atoms with Crippen molar-refractivity contribution in [2.24, 2.45) is 0 Å². The maximum atomic E-state index is 13.7. The minimum absolute atomic E-state index is 0.00504. The number of phenolic OH excluding ortho intramolecular Hbond substituents is 2. The summed E-state index contributed by atoms with van der Waals surface area (Å²) in [5.41, 5.74) is -2.93. The molecule has 1 fully saturated rings. The number of hydrogen-bond acceptors (Lipinski definition) is 11. The van der Waals surface area contributed by atoms with Crippen molar-refractivity contribution in [1.82, 2.24) is 5.32 Å². The van der Waals surface area contributed by atoms with Crippen molar-refractivity contribution in [3.05, 3.63) is 51.6 Å². The van der Waals surface area contributed by atoms with E-state index in [0.29, 0.717) is 6.54 Å². The van der Waals surface area contributed by atoms with Gasteiger partial charge in [-0.25, -0.2) is 0 Å². The molecule has 0 radical (unpaired) electrons. The summed E-state index contributed by atoms with van der Waals surface area (Å²) in [4.78, 5) is 39.8. The first kappa shape index (κ1) is 28.2. The molecule has 2 aromatic rings. The van der Waals surface area contributed by atoms with Crippen molar-refractivity contribution in [2.45, 2.75) is 76.3 Å². The largest absolute Gasteiger partial charge is 0.507 e. The molecule has 0 aromatic heterocycles. The van der Waals surface area contributed by atoms with E-state index in [1.807, 2.05) is 6.92 Å². The molecular weight excluding hydrogens is 522 g/mol. The van der Waals surface area contributed by atoms with Gasteiger partial charge in [0.05, 0.1) is 42.1 Å². The summed E-state index contributed by atoms with van der Waals surface area (Å²) in [6.07, 6.45) is -4.05. The molecule has 2 aliphatic carbocycles.